The minimum atomic E-state index is -0.359. The van der Waals surface area contributed by atoms with E-state index in [2.05, 4.69) is 6.58 Å². The Balaban J connectivity index is 2.06. The van der Waals surface area contributed by atoms with Crippen LogP contribution in [0.3, 0.4) is 0 Å². The van der Waals surface area contributed by atoms with E-state index in [1.807, 2.05) is 12.1 Å². The van der Waals surface area contributed by atoms with Crippen molar-refractivity contribution in [1.29, 1.82) is 0 Å². The van der Waals surface area contributed by atoms with Crippen LogP contribution in [0.2, 0.25) is 0 Å². The zero-order valence-corrected chi connectivity index (χ0v) is 11.3. The third-order valence-corrected chi connectivity index (χ3v) is 4.05. The molecule has 1 aliphatic rings. The second-order valence-corrected chi connectivity index (χ2v) is 5.37. The van der Waals surface area contributed by atoms with E-state index < -0.39 is 0 Å². The molecule has 0 spiro atoms. The Morgan fingerprint density at radius 2 is 1.58 bits per heavy atom. The molecule has 0 N–H and O–H groups in total. The van der Waals surface area contributed by atoms with Crippen LogP contribution < -0.4 is 0 Å². The van der Waals surface area contributed by atoms with E-state index in [4.69, 9.17) is 0 Å². The predicted octanol–water partition coefficient (Wildman–Crippen LogP) is 4.97. The molecule has 3 heteroatoms. The molecule has 0 amide bonds. The number of hydrogen-bond donors (Lipinski definition) is 0. The summed E-state index contributed by atoms with van der Waals surface area (Å²) in [4.78, 5) is 10.3. The van der Waals surface area contributed by atoms with Gasteiger partial charge in [-0.1, -0.05) is 38.7 Å². The lowest BCUT2D eigenvalue weighted by atomic mass is 9.83. The molecule has 1 aliphatic carbocycles. The number of nitro benzene ring substituents is 1. The summed E-state index contributed by atoms with van der Waals surface area (Å²) < 4.78 is 0. The van der Waals surface area contributed by atoms with Crippen LogP contribution in [-0.4, -0.2) is 4.92 Å². The summed E-state index contributed by atoms with van der Waals surface area (Å²) in [6.07, 6.45) is 8.96. The topological polar surface area (TPSA) is 43.1 Å². The van der Waals surface area contributed by atoms with Crippen LogP contribution in [0.4, 0.5) is 5.69 Å². The van der Waals surface area contributed by atoms with Crippen molar-refractivity contribution in [2.75, 3.05) is 0 Å². The van der Waals surface area contributed by atoms with Crippen molar-refractivity contribution in [2.24, 2.45) is 5.92 Å². The Morgan fingerprint density at radius 3 is 2.11 bits per heavy atom. The fourth-order valence-corrected chi connectivity index (χ4v) is 2.84. The first-order chi connectivity index (χ1) is 9.18. The minimum Gasteiger partial charge on any atom is -0.258 e. The number of nitrogens with zero attached hydrogens (tertiary/aromatic N) is 1. The van der Waals surface area contributed by atoms with Gasteiger partial charge in [0, 0.05) is 12.1 Å². The van der Waals surface area contributed by atoms with Crippen LogP contribution in [-0.2, 0) is 0 Å². The lowest BCUT2D eigenvalue weighted by Gasteiger charge is -2.22. The van der Waals surface area contributed by atoms with Crippen molar-refractivity contribution in [2.45, 2.75) is 44.9 Å². The Labute approximate surface area is 114 Å². The van der Waals surface area contributed by atoms with Gasteiger partial charge in [0.15, 0.2) is 0 Å². The predicted molar refractivity (Wildman–Crippen MR) is 77.9 cm³/mol. The highest BCUT2D eigenvalue weighted by molar-refractivity contribution is 5.66. The maximum absolute atomic E-state index is 10.7. The number of nitro groups is 1. The molecule has 0 saturated heterocycles. The SMILES string of the molecule is C=C(c1ccc([N+](=O)[O-])cc1)C1CCCCCCC1. The molecule has 0 unspecified atom stereocenters. The highest BCUT2D eigenvalue weighted by atomic mass is 16.6. The Bertz CT molecular complexity index is 442. The molecule has 3 nitrogen and oxygen atoms in total. The van der Waals surface area contributed by atoms with Gasteiger partial charge in [0.05, 0.1) is 4.92 Å². The van der Waals surface area contributed by atoms with Crippen molar-refractivity contribution < 1.29 is 4.92 Å². The third-order valence-electron chi connectivity index (χ3n) is 4.05. The highest BCUT2D eigenvalue weighted by Gasteiger charge is 2.16. The number of hydrogen-bond acceptors (Lipinski definition) is 2. The summed E-state index contributed by atoms with van der Waals surface area (Å²) >= 11 is 0. The fraction of sp³-hybridized carbons (Fsp3) is 0.500. The molecule has 102 valence electrons. The molecule has 1 saturated carbocycles. The smallest absolute Gasteiger partial charge is 0.258 e. The average Bonchev–Trinajstić information content (AvgIpc) is 2.38. The highest BCUT2D eigenvalue weighted by Crippen LogP contribution is 2.33. The van der Waals surface area contributed by atoms with Gasteiger partial charge in [0.2, 0.25) is 0 Å². The monoisotopic (exact) mass is 259 g/mol. The number of non-ortho nitro benzene ring substituents is 1. The van der Waals surface area contributed by atoms with Crippen LogP contribution in [0.15, 0.2) is 30.8 Å². The van der Waals surface area contributed by atoms with Gasteiger partial charge in [-0.25, -0.2) is 0 Å². The van der Waals surface area contributed by atoms with Gasteiger partial charge in [-0.15, -0.1) is 0 Å². The quantitative estimate of drug-likeness (QED) is 0.568. The second-order valence-electron chi connectivity index (χ2n) is 5.37. The summed E-state index contributed by atoms with van der Waals surface area (Å²) in [5.74, 6) is 0.543. The van der Waals surface area contributed by atoms with Crippen LogP contribution >= 0.6 is 0 Å². The molecule has 0 bridgehead atoms. The van der Waals surface area contributed by atoms with E-state index in [1.54, 1.807) is 12.1 Å². The Hall–Kier alpha value is -1.64. The van der Waals surface area contributed by atoms with Crippen LogP contribution in [0, 0.1) is 16.0 Å². The standard InChI is InChI=1S/C16H21NO2/c1-13(14-7-5-3-2-4-6-8-14)15-9-11-16(12-10-15)17(18)19/h9-12,14H,1-8H2. The summed E-state index contributed by atoms with van der Waals surface area (Å²) in [6.45, 7) is 4.23. The second kappa shape index (κ2) is 6.50. The molecule has 19 heavy (non-hydrogen) atoms. The molecule has 0 atom stereocenters. The Morgan fingerprint density at radius 1 is 1.05 bits per heavy atom. The van der Waals surface area contributed by atoms with E-state index in [1.165, 1.54) is 44.9 Å². The molecule has 0 radical (unpaired) electrons. The summed E-state index contributed by atoms with van der Waals surface area (Å²) in [6, 6.07) is 6.81. The van der Waals surface area contributed by atoms with Gasteiger partial charge >= 0.3 is 0 Å². The largest absolute Gasteiger partial charge is 0.269 e. The summed E-state index contributed by atoms with van der Waals surface area (Å²) in [7, 11) is 0. The maximum Gasteiger partial charge on any atom is 0.269 e. The van der Waals surface area contributed by atoms with Crippen molar-refractivity contribution in [3.63, 3.8) is 0 Å². The average molecular weight is 259 g/mol. The van der Waals surface area contributed by atoms with E-state index in [0.29, 0.717) is 5.92 Å². The van der Waals surface area contributed by atoms with Crippen LogP contribution in [0.25, 0.3) is 5.57 Å². The molecule has 0 aliphatic heterocycles. The number of benzene rings is 1. The van der Waals surface area contributed by atoms with Gasteiger partial charge < -0.3 is 0 Å². The minimum absolute atomic E-state index is 0.147. The van der Waals surface area contributed by atoms with Gasteiger partial charge in [-0.05, 0) is 42.0 Å². The van der Waals surface area contributed by atoms with Crippen molar-refractivity contribution in [3.05, 3.63) is 46.5 Å². The molecular weight excluding hydrogens is 238 g/mol. The number of rotatable bonds is 3. The molecule has 0 aromatic heterocycles. The molecule has 1 aromatic carbocycles. The molecular formula is C16H21NO2. The van der Waals surface area contributed by atoms with Gasteiger partial charge in [-0.3, -0.25) is 10.1 Å². The molecule has 1 aromatic rings. The van der Waals surface area contributed by atoms with Crippen molar-refractivity contribution >= 4 is 11.3 Å². The zero-order chi connectivity index (χ0) is 13.7. The first-order valence-corrected chi connectivity index (χ1v) is 7.12. The fourth-order valence-electron chi connectivity index (χ4n) is 2.84. The Kier molecular flexibility index (Phi) is 4.72. The van der Waals surface area contributed by atoms with E-state index in [0.717, 1.165) is 11.1 Å². The van der Waals surface area contributed by atoms with Gasteiger partial charge in [0.1, 0.15) is 0 Å². The van der Waals surface area contributed by atoms with Crippen molar-refractivity contribution in [3.8, 4) is 0 Å². The third kappa shape index (κ3) is 3.66. The lowest BCUT2D eigenvalue weighted by molar-refractivity contribution is -0.384. The molecule has 2 rings (SSSR count). The van der Waals surface area contributed by atoms with Gasteiger partial charge in [-0.2, -0.15) is 0 Å². The first kappa shape index (κ1) is 13.8. The molecule has 1 fully saturated rings. The van der Waals surface area contributed by atoms with Gasteiger partial charge in [0.25, 0.3) is 5.69 Å². The van der Waals surface area contributed by atoms with E-state index in [9.17, 15) is 10.1 Å². The van der Waals surface area contributed by atoms with E-state index in [-0.39, 0.29) is 10.6 Å². The van der Waals surface area contributed by atoms with E-state index >= 15 is 0 Å². The maximum atomic E-state index is 10.7. The summed E-state index contributed by atoms with van der Waals surface area (Å²) in [5.41, 5.74) is 2.35. The molecule has 0 heterocycles. The zero-order valence-electron chi connectivity index (χ0n) is 11.3. The van der Waals surface area contributed by atoms with Crippen LogP contribution in [0.5, 0.6) is 0 Å². The summed E-state index contributed by atoms with van der Waals surface area (Å²) in [5, 5.41) is 10.7. The normalized spacial score (nSPS) is 17.5. The number of allylic oxidation sites excluding steroid dienone is 1. The first-order valence-electron chi connectivity index (χ1n) is 7.12. The van der Waals surface area contributed by atoms with Crippen LogP contribution in [0.1, 0.15) is 50.5 Å². The lowest BCUT2D eigenvalue weighted by Crippen LogP contribution is -2.05. The van der Waals surface area contributed by atoms with Crippen molar-refractivity contribution in [1.82, 2.24) is 0 Å².